The Bertz CT molecular complexity index is 1480. The number of benzene rings is 2. The SMILES string of the molecule is CCC(C)(C)n1nnnc1C(c1cc2c(C)ccc(C)c2[nH]c1=O)N1CCN(c2ccc(OC)cc2)CC1. The molecule has 5 rings (SSSR count). The first-order chi connectivity index (χ1) is 18.2. The number of piperazine rings is 1. The summed E-state index contributed by atoms with van der Waals surface area (Å²) in [6, 6.07) is 14.0. The Balaban J connectivity index is 1.56. The van der Waals surface area contributed by atoms with E-state index in [0.717, 1.165) is 66.1 Å². The number of fused-ring (bicyclic) bond motifs is 1. The van der Waals surface area contributed by atoms with Crippen molar-refractivity contribution in [2.45, 2.75) is 52.6 Å². The molecule has 1 N–H and O–H groups in total. The number of nitrogens with zero attached hydrogens (tertiary/aromatic N) is 6. The molecule has 1 aliphatic heterocycles. The third kappa shape index (κ3) is 4.67. The number of rotatable bonds is 7. The zero-order valence-corrected chi connectivity index (χ0v) is 23.2. The topological polar surface area (TPSA) is 92.2 Å². The molecule has 0 spiro atoms. The number of aryl methyl sites for hydroxylation is 2. The van der Waals surface area contributed by atoms with Crippen molar-refractivity contribution < 1.29 is 4.74 Å². The smallest absolute Gasteiger partial charge is 0.253 e. The number of pyridine rings is 1. The van der Waals surface area contributed by atoms with Gasteiger partial charge in [-0.15, -0.1) is 5.10 Å². The van der Waals surface area contributed by atoms with E-state index in [1.165, 1.54) is 0 Å². The number of hydrogen-bond donors (Lipinski definition) is 1. The monoisotopic (exact) mass is 515 g/mol. The molecule has 0 aliphatic carbocycles. The normalized spacial score (nSPS) is 15.7. The molecule has 1 saturated heterocycles. The van der Waals surface area contributed by atoms with Crippen LogP contribution in [0.1, 0.15) is 55.7 Å². The number of hydrogen-bond acceptors (Lipinski definition) is 7. The fourth-order valence-corrected chi connectivity index (χ4v) is 5.27. The van der Waals surface area contributed by atoms with Gasteiger partial charge in [0, 0.05) is 42.8 Å². The standard InChI is InChI=1S/C29H37N7O2/c1-7-29(4,5)36-27(31-32-33-36)26(24-18-23-19(2)8-9-20(3)25(23)30-28(24)37)35-16-14-34(15-17-35)21-10-12-22(38-6)13-11-21/h8-13,18,26H,7,14-17H2,1-6H3,(H,30,37). The summed E-state index contributed by atoms with van der Waals surface area (Å²) in [7, 11) is 1.68. The van der Waals surface area contributed by atoms with Gasteiger partial charge in [-0.05, 0) is 86.0 Å². The van der Waals surface area contributed by atoms with Crippen molar-refractivity contribution in [2.75, 3.05) is 38.2 Å². The summed E-state index contributed by atoms with van der Waals surface area (Å²) in [6.45, 7) is 13.7. The van der Waals surface area contributed by atoms with E-state index >= 15 is 0 Å². The number of ether oxygens (including phenoxy) is 1. The van der Waals surface area contributed by atoms with Gasteiger partial charge in [0.05, 0.1) is 18.2 Å². The summed E-state index contributed by atoms with van der Waals surface area (Å²) in [5, 5.41) is 14.0. The van der Waals surface area contributed by atoms with Crippen LogP contribution in [-0.2, 0) is 5.54 Å². The Hall–Kier alpha value is -3.72. The predicted molar refractivity (Wildman–Crippen MR) is 150 cm³/mol. The molecule has 1 unspecified atom stereocenters. The molecule has 9 nitrogen and oxygen atoms in total. The van der Waals surface area contributed by atoms with Crippen LogP contribution in [0.15, 0.2) is 47.3 Å². The lowest BCUT2D eigenvalue weighted by atomic mass is 9.97. The van der Waals surface area contributed by atoms with Crippen molar-refractivity contribution in [1.82, 2.24) is 30.1 Å². The maximum Gasteiger partial charge on any atom is 0.253 e. The lowest BCUT2D eigenvalue weighted by molar-refractivity contribution is 0.186. The molecular formula is C29H37N7O2. The van der Waals surface area contributed by atoms with Crippen LogP contribution in [0, 0.1) is 13.8 Å². The van der Waals surface area contributed by atoms with Crippen LogP contribution >= 0.6 is 0 Å². The molecule has 200 valence electrons. The molecule has 2 aromatic carbocycles. The van der Waals surface area contributed by atoms with Gasteiger partial charge in [-0.25, -0.2) is 4.68 Å². The molecule has 38 heavy (non-hydrogen) atoms. The highest BCUT2D eigenvalue weighted by Crippen LogP contribution is 2.33. The highest BCUT2D eigenvalue weighted by molar-refractivity contribution is 5.85. The van der Waals surface area contributed by atoms with Gasteiger partial charge < -0.3 is 14.6 Å². The van der Waals surface area contributed by atoms with Crippen molar-refractivity contribution in [2.24, 2.45) is 0 Å². The van der Waals surface area contributed by atoms with Crippen molar-refractivity contribution in [3.05, 3.63) is 75.3 Å². The molecule has 0 amide bonds. The molecule has 1 aliphatic rings. The summed E-state index contributed by atoms with van der Waals surface area (Å²) in [5.41, 5.74) is 4.50. The summed E-state index contributed by atoms with van der Waals surface area (Å²) >= 11 is 0. The molecule has 1 fully saturated rings. The van der Waals surface area contributed by atoms with Gasteiger partial charge in [0.15, 0.2) is 5.82 Å². The quantitative estimate of drug-likeness (QED) is 0.394. The Morgan fingerprint density at radius 2 is 1.71 bits per heavy atom. The lowest BCUT2D eigenvalue weighted by Crippen LogP contribution is -2.49. The summed E-state index contributed by atoms with van der Waals surface area (Å²) in [4.78, 5) is 21.6. The van der Waals surface area contributed by atoms with Crippen LogP contribution in [0.25, 0.3) is 10.9 Å². The van der Waals surface area contributed by atoms with Crippen LogP contribution in [0.2, 0.25) is 0 Å². The molecule has 0 bridgehead atoms. The first-order valence-electron chi connectivity index (χ1n) is 13.3. The molecule has 3 heterocycles. The Morgan fingerprint density at radius 1 is 1.03 bits per heavy atom. The predicted octanol–water partition coefficient (Wildman–Crippen LogP) is 4.20. The van der Waals surface area contributed by atoms with Gasteiger partial charge in [0.2, 0.25) is 0 Å². The lowest BCUT2D eigenvalue weighted by Gasteiger charge is -2.40. The van der Waals surface area contributed by atoms with Gasteiger partial charge in [-0.1, -0.05) is 19.1 Å². The fourth-order valence-electron chi connectivity index (χ4n) is 5.27. The molecule has 9 heteroatoms. The Labute approximate surface area is 223 Å². The number of methoxy groups -OCH3 is 1. The average molecular weight is 516 g/mol. The van der Waals surface area contributed by atoms with E-state index in [-0.39, 0.29) is 17.1 Å². The van der Waals surface area contributed by atoms with Crippen molar-refractivity contribution in [3.8, 4) is 5.75 Å². The number of tetrazole rings is 1. The zero-order chi connectivity index (χ0) is 27.0. The zero-order valence-electron chi connectivity index (χ0n) is 23.2. The third-order valence-corrected chi connectivity index (χ3v) is 8.06. The van der Waals surface area contributed by atoms with E-state index in [9.17, 15) is 4.79 Å². The number of nitrogens with one attached hydrogen (secondary N) is 1. The molecular weight excluding hydrogens is 478 g/mol. The number of aromatic nitrogens is 5. The van der Waals surface area contributed by atoms with Gasteiger partial charge in [0.1, 0.15) is 11.8 Å². The van der Waals surface area contributed by atoms with Gasteiger partial charge in [-0.2, -0.15) is 0 Å². The van der Waals surface area contributed by atoms with Crippen LogP contribution in [0.3, 0.4) is 0 Å². The second-order valence-corrected chi connectivity index (χ2v) is 10.8. The second-order valence-electron chi connectivity index (χ2n) is 10.8. The molecule has 1 atom stereocenters. The van der Waals surface area contributed by atoms with Crippen LogP contribution in [0.5, 0.6) is 5.75 Å². The maximum atomic E-state index is 13.7. The van der Waals surface area contributed by atoms with E-state index in [2.05, 4.69) is 82.3 Å². The minimum absolute atomic E-state index is 0.0994. The number of anilines is 1. The minimum atomic E-state index is -0.373. The van der Waals surface area contributed by atoms with E-state index in [4.69, 9.17) is 4.74 Å². The first-order valence-corrected chi connectivity index (χ1v) is 13.3. The number of H-pyrrole nitrogens is 1. The van der Waals surface area contributed by atoms with E-state index < -0.39 is 0 Å². The van der Waals surface area contributed by atoms with Crippen LogP contribution < -0.4 is 15.2 Å². The molecule has 0 saturated carbocycles. The van der Waals surface area contributed by atoms with E-state index in [1.807, 2.05) is 29.8 Å². The third-order valence-electron chi connectivity index (χ3n) is 8.06. The van der Waals surface area contributed by atoms with E-state index in [1.54, 1.807) is 7.11 Å². The van der Waals surface area contributed by atoms with Crippen molar-refractivity contribution in [1.29, 1.82) is 0 Å². The van der Waals surface area contributed by atoms with Crippen LogP contribution in [0.4, 0.5) is 5.69 Å². The van der Waals surface area contributed by atoms with Crippen LogP contribution in [-0.4, -0.2) is 63.4 Å². The Morgan fingerprint density at radius 3 is 2.37 bits per heavy atom. The molecule has 0 radical (unpaired) electrons. The Kier molecular flexibility index (Phi) is 6.96. The van der Waals surface area contributed by atoms with E-state index in [0.29, 0.717) is 11.4 Å². The van der Waals surface area contributed by atoms with Crippen molar-refractivity contribution in [3.63, 3.8) is 0 Å². The number of aromatic amines is 1. The van der Waals surface area contributed by atoms with Gasteiger partial charge >= 0.3 is 0 Å². The summed E-state index contributed by atoms with van der Waals surface area (Å²) < 4.78 is 7.22. The van der Waals surface area contributed by atoms with Gasteiger partial charge in [-0.3, -0.25) is 9.69 Å². The average Bonchev–Trinajstić information content (AvgIpc) is 3.42. The largest absolute Gasteiger partial charge is 0.497 e. The highest BCUT2D eigenvalue weighted by atomic mass is 16.5. The fraction of sp³-hybridized carbons (Fsp3) is 0.448. The minimum Gasteiger partial charge on any atom is -0.497 e. The first kappa shape index (κ1) is 25.9. The summed E-state index contributed by atoms with van der Waals surface area (Å²) in [5.74, 6) is 1.55. The molecule has 4 aromatic rings. The highest BCUT2D eigenvalue weighted by Gasteiger charge is 2.35. The second kappa shape index (κ2) is 10.2. The molecule has 2 aromatic heterocycles. The van der Waals surface area contributed by atoms with Crippen molar-refractivity contribution >= 4 is 16.6 Å². The summed E-state index contributed by atoms with van der Waals surface area (Å²) in [6.07, 6.45) is 0.857. The maximum absolute atomic E-state index is 13.7. The van der Waals surface area contributed by atoms with Gasteiger partial charge in [0.25, 0.3) is 5.56 Å².